The number of ether oxygens (including phenoxy) is 1. The molecule has 2 aromatic carbocycles. The van der Waals surface area contributed by atoms with Gasteiger partial charge < -0.3 is 9.72 Å². The fourth-order valence-corrected chi connectivity index (χ4v) is 2.46. The predicted octanol–water partition coefficient (Wildman–Crippen LogP) is 4.11. The van der Waals surface area contributed by atoms with Crippen molar-refractivity contribution in [1.29, 1.82) is 0 Å². The fourth-order valence-electron chi connectivity index (χ4n) is 2.15. The molecule has 108 valence electrons. The minimum Gasteiger partial charge on any atom is -0.497 e. The molecule has 3 nitrogen and oxygen atoms in total. The minimum absolute atomic E-state index is 0.127. The molecule has 0 aliphatic carbocycles. The highest BCUT2D eigenvalue weighted by atomic mass is 32.1. The van der Waals surface area contributed by atoms with Gasteiger partial charge in [-0.25, -0.2) is 13.2 Å². The van der Waals surface area contributed by atoms with E-state index in [0.717, 1.165) is 6.07 Å². The molecule has 3 aromatic rings. The van der Waals surface area contributed by atoms with E-state index in [9.17, 15) is 13.2 Å². The van der Waals surface area contributed by atoms with Crippen LogP contribution in [0.25, 0.3) is 16.7 Å². The molecule has 0 radical (unpaired) electrons. The molecule has 7 heteroatoms. The molecular formula is C14H9F3N2OS. The van der Waals surface area contributed by atoms with E-state index in [4.69, 9.17) is 17.0 Å². The van der Waals surface area contributed by atoms with E-state index in [1.165, 1.54) is 11.7 Å². The van der Waals surface area contributed by atoms with Crippen LogP contribution in [0.1, 0.15) is 0 Å². The first-order chi connectivity index (χ1) is 10.0. The van der Waals surface area contributed by atoms with Crippen molar-refractivity contribution >= 4 is 23.3 Å². The first-order valence-corrected chi connectivity index (χ1v) is 6.36. The molecule has 0 aliphatic rings. The van der Waals surface area contributed by atoms with E-state index in [2.05, 4.69) is 4.98 Å². The van der Waals surface area contributed by atoms with Crippen LogP contribution in [0.3, 0.4) is 0 Å². The second kappa shape index (κ2) is 4.92. The Morgan fingerprint density at radius 1 is 1.14 bits per heavy atom. The van der Waals surface area contributed by atoms with Crippen LogP contribution >= 0.6 is 12.2 Å². The lowest BCUT2D eigenvalue weighted by atomic mass is 10.2. The van der Waals surface area contributed by atoms with E-state index >= 15 is 0 Å². The normalized spacial score (nSPS) is 11.0. The van der Waals surface area contributed by atoms with Crippen LogP contribution in [0, 0.1) is 22.2 Å². The smallest absolute Gasteiger partial charge is 0.183 e. The Kier molecular flexibility index (Phi) is 3.21. The van der Waals surface area contributed by atoms with E-state index < -0.39 is 17.5 Å². The quantitative estimate of drug-likeness (QED) is 0.570. The lowest BCUT2D eigenvalue weighted by Gasteiger charge is -2.08. The lowest BCUT2D eigenvalue weighted by molar-refractivity contribution is 0.415. The largest absolute Gasteiger partial charge is 0.497 e. The Labute approximate surface area is 122 Å². The molecule has 0 saturated heterocycles. The maximum atomic E-state index is 14.0. The van der Waals surface area contributed by atoms with Crippen molar-refractivity contribution in [2.24, 2.45) is 0 Å². The molecule has 0 atom stereocenters. The third kappa shape index (κ3) is 2.19. The number of halogens is 3. The Balaban J connectivity index is 2.39. The van der Waals surface area contributed by atoms with Gasteiger partial charge in [-0.1, -0.05) is 0 Å². The van der Waals surface area contributed by atoms with Crippen LogP contribution in [0.2, 0.25) is 0 Å². The van der Waals surface area contributed by atoms with Gasteiger partial charge in [0.2, 0.25) is 0 Å². The highest BCUT2D eigenvalue weighted by molar-refractivity contribution is 7.71. The molecule has 1 aromatic heterocycles. The number of nitrogens with zero attached hydrogens (tertiary/aromatic N) is 1. The summed E-state index contributed by atoms with van der Waals surface area (Å²) in [5.74, 6) is -2.81. The van der Waals surface area contributed by atoms with E-state index in [0.29, 0.717) is 22.8 Å². The van der Waals surface area contributed by atoms with Gasteiger partial charge in [0.1, 0.15) is 11.6 Å². The first kappa shape index (κ1) is 13.7. The average molecular weight is 310 g/mol. The Hall–Kier alpha value is -2.28. The molecule has 0 saturated carbocycles. The highest BCUT2D eigenvalue weighted by Crippen LogP contribution is 2.26. The van der Waals surface area contributed by atoms with Crippen molar-refractivity contribution < 1.29 is 17.9 Å². The summed E-state index contributed by atoms with van der Waals surface area (Å²) in [4.78, 5) is 2.85. The summed E-state index contributed by atoms with van der Waals surface area (Å²) in [7, 11) is 1.48. The van der Waals surface area contributed by atoms with Crippen molar-refractivity contribution in [2.75, 3.05) is 7.11 Å². The molecule has 3 rings (SSSR count). The zero-order valence-corrected chi connectivity index (χ0v) is 11.6. The van der Waals surface area contributed by atoms with Gasteiger partial charge >= 0.3 is 0 Å². The summed E-state index contributed by atoms with van der Waals surface area (Å²) >= 11 is 5.12. The van der Waals surface area contributed by atoms with Gasteiger partial charge in [-0.2, -0.15) is 0 Å². The van der Waals surface area contributed by atoms with Crippen molar-refractivity contribution in [3.8, 4) is 11.4 Å². The number of rotatable bonds is 2. The number of fused-ring (bicyclic) bond motifs is 1. The maximum absolute atomic E-state index is 14.0. The molecule has 1 heterocycles. The van der Waals surface area contributed by atoms with Gasteiger partial charge in [0.25, 0.3) is 0 Å². The van der Waals surface area contributed by atoms with Crippen LogP contribution in [0.15, 0.2) is 30.3 Å². The summed E-state index contributed by atoms with van der Waals surface area (Å²) in [5, 5.41) is 0. The third-order valence-corrected chi connectivity index (χ3v) is 3.39. The lowest BCUT2D eigenvalue weighted by Crippen LogP contribution is -2.01. The van der Waals surface area contributed by atoms with Crippen LogP contribution in [0.5, 0.6) is 5.75 Å². The summed E-state index contributed by atoms with van der Waals surface area (Å²) in [5.41, 5.74) is 0.769. The average Bonchev–Trinajstić information content (AvgIpc) is 2.77. The monoisotopic (exact) mass is 310 g/mol. The number of imidazole rings is 1. The van der Waals surface area contributed by atoms with Gasteiger partial charge in [-0.3, -0.25) is 4.57 Å². The molecule has 21 heavy (non-hydrogen) atoms. The second-order valence-electron chi connectivity index (χ2n) is 4.37. The second-order valence-corrected chi connectivity index (χ2v) is 4.76. The minimum atomic E-state index is -1.27. The number of hydrogen-bond donors (Lipinski definition) is 1. The summed E-state index contributed by atoms with van der Waals surface area (Å²) in [6.07, 6.45) is 0. The first-order valence-electron chi connectivity index (χ1n) is 5.95. The topological polar surface area (TPSA) is 29.9 Å². The number of methoxy groups -OCH3 is 1. The van der Waals surface area contributed by atoms with Gasteiger partial charge in [-0.05, 0) is 24.4 Å². The molecular weight excluding hydrogens is 301 g/mol. The zero-order chi connectivity index (χ0) is 15.1. The number of benzene rings is 2. The van der Waals surface area contributed by atoms with Crippen molar-refractivity contribution in [1.82, 2.24) is 9.55 Å². The Morgan fingerprint density at radius 3 is 2.62 bits per heavy atom. The number of hydrogen-bond acceptors (Lipinski definition) is 2. The van der Waals surface area contributed by atoms with Crippen molar-refractivity contribution in [3.05, 3.63) is 52.6 Å². The SMILES string of the molecule is COc1ccc2[nH]c(=S)n(-c3cc(F)cc(F)c3F)c2c1. The molecule has 0 amide bonds. The molecule has 0 spiro atoms. The van der Waals surface area contributed by atoms with E-state index in [1.54, 1.807) is 18.2 Å². The van der Waals surface area contributed by atoms with Gasteiger partial charge in [0, 0.05) is 18.2 Å². The maximum Gasteiger partial charge on any atom is 0.183 e. The Bertz CT molecular complexity index is 901. The summed E-state index contributed by atoms with van der Waals surface area (Å²) < 4.78 is 47.2. The van der Waals surface area contributed by atoms with Crippen molar-refractivity contribution in [3.63, 3.8) is 0 Å². The van der Waals surface area contributed by atoms with Gasteiger partial charge in [-0.15, -0.1) is 0 Å². The number of aromatic nitrogens is 2. The summed E-state index contributed by atoms with van der Waals surface area (Å²) in [6, 6.07) is 6.36. The van der Waals surface area contributed by atoms with Crippen LogP contribution in [0.4, 0.5) is 13.2 Å². The van der Waals surface area contributed by atoms with E-state index in [1.807, 2.05) is 0 Å². The fraction of sp³-hybridized carbons (Fsp3) is 0.0714. The van der Waals surface area contributed by atoms with Gasteiger partial charge in [0.05, 0.1) is 23.8 Å². The third-order valence-electron chi connectivity index (χ3n) is 3.11. The van der Waals surface area contributed by atoms with Crippen LogP contribution in [-0.2, 0) is 0 Å². The molecule has 0 fully saturated rings. The van der Waals surface area contributed by atoms with E-state index in [-0.39, 0.29) is 10.5 Å². The molecule has 0 aliphatic heterocycles. The molecule has 0 bridgehead atoms. The summed E-state index contributed by atoms with van der Waals surface area (Å²) in [6.45, 7) is 0. The number of H-pyrrole nitrogens is 1. The van der Waals surface area contributed by atoms with Gasteiger partial charge in [0.15, 0.2) is 16.4 Å². The number of aromatic amines is 1. The predicted molar refractivity (Wildman–Crippen MR) is 74.9 cm³/mol. The molecule has 0 unspecified atom stereocenters. The van der Waals surface area contributed by atoms with Crippen LogP contribution in [-0.4, -0.2) is 16.7 Å². The zero-order valence-electron chi connectivity index (χ0n) is 10.8. The van der Waals surface area contributed by atoms with Crippen LogP contribution < -0.4 is 4.74 Å². The Morgan fingerprint density at radius 2 is 1.90 bits per heavy atom. The van der Waals surface area contributed by atoms with Crippen molar-refractivity contribution in [2.45, 2.75) is 0 Å². The number of nitrogens with one attached hydrogen (secondary N) is 1. The standard InChI is InChI=1S/C14H9F3N2OS/c1-20-8-2-3-10-11(6-8)19(14(21)18-10)12-5-7(15)4-9(16)13(12)17/h2-6H,1H3,(H,18,21). The highest BCUT2D eigenvalue weighted by Gasteiger charge is 2.16. The molecule has 1 N–H and O–H groups in total.